The predicted molar refractivity (Wildman–Crippen MR) is 185 cm³/mol. The fraction of sp³-hybridized carbons (Fsp3) is 0.553. The van der Waals surface area contributed by atoms with E-state index in [1.807, 2.05) is 25.1 Å². The van der Waals surface area contributed by atoms with Gasteiger partial charge in [0.25, 0.3) is 5.56 Å². The van der Waals surface area contributed by atoms with Crippen molar-refractivity contribution in [3.8, 4) is 0 Å². The van der Waals surface area contributed by atoms with E-state index in [0.29, 0.717) is 36.1 Å². The monoisotopic (exact) mass is 690 g/mol. The number of halogens is 3. The highest BCUT2D eigenvalue weighted by atomic mass is 19.4. The molecule has 2 aliphatic heterocycles. The van der Waals surface area contributed by atoms with E-state index in [1.165, 1.54) is 22.4 Å². The summed E-state index contributed by atoms with van der Waals surface area (Å²) < 4.78 is 54.6. The Labute approximate surface area is 291 Å². The molecule has 7 atom stereocenters. The first kappa shape index (κ1) is 34.8. The molecule has 1 aromatic heterocycles. The Morgan fingerprint density at radius 2 is 1.84 bits per heavy atom. The average Bonchev–Trinajstić information content (AvgIpc) is 3.65. The van der Waals surface area contributed by atoms with Gasteiger partial charge in [0.15, 0.2) is 0 Å². The number of alkyl halides is 3. The molecule has 2 bridgehead atoms. The van der Waals surface area contributed by atoms with Crippen LogP contribution in [-0.2, 0) is 33.2 Å². The summed E-state index contributed by atoms with van der Waals surface area (Å²) in [6.45, 7) is 8.76. The predicted octanol–water partition coefficient (Wildman–Crippen LogP) is 7.09. The normalized spacial score (nSPS) is 28.4. The van der Waals surface area contributed by atoms with Crippen LogP contribution in [0, 0.1) is 17.3 Å². The van der Waals surface area contributed by atoms with Gasteiger partial charge in [0.2, 0.25) is 5.91 Å². The van der Waals surface area contributed by atoms with Gasteiger partial charge in [-0.05, 0) is 92.4 Å². The van der Waals surface area contributed by atoms with Crippen LogP contribution >= 0.6 is 0 Å². The zero-order chi connectivity index (χ0) is 35.4. The van der Waals surface area contributed by atoms with Crippen molar-refractivity contribution in [2.75, 3.05) is 5.32 Å². The molecule has 50 heavy (non-hydrogen) atoms. The van der Waals surface area contributed by atoms with Crippen LogP contribution in [0.3, 0.4) is 0 Å². The summed E-state index contributed by atoms with van der Waals surface area (Å²) in [6.07, 6.45) is 2.48. The lowest BCUT2D eigenvalue weighted by atomic mass is 9.43. The third-order valence-electron chi connectivity index (χ3n) is 12.2. The fourth-order valence-electron chi connectivity index (χ4n) is 9.12. The summed E-state index contributed by atoms with van der Waals surface area (Å²) in [5.74, 6) is 0.731. The van der Waals surface area contributed by atoms with Crippen LogP contribution in [0.4, 0.5) is 18.9 Å². The highest BCUT2D eigenvalue weighted by molar-refractivity contribution is 6.47. The molecule has 0 unspecified atom stereocenters. The lowest BCUT2D eigenvalue weighted by molar-refractivity contribution is -0.199. The molecule has 266 valence electrons. The van der Waals surface area contributed by atoms with Crippen LogP contribution in [0.25, 0.3) is 0 Å². The molecule has 8 nitrogen and oxygen atoms in total. The average molecular weight is 691 g/mol. The largest absolute Gasteiger partial charge is 0.481 e. The van der Waals surface area contributed by atoms with E-state index in [0.717, 1.165) is 44.2 Å². The molecule has 1 amide bonds. The van der Waals surface area contributed by atoms with Gasteiger partial charge in [0.1, 0.15) is 17.6 Å². The Morgan fingerprint density at radius 3 is 2.56 bits per heavy atom. The molecular weight excluding hydrogens is 644 g/mol. The molecule has 1 saturated heterocycles. The fourth-order valence-corrected chi connectivity index (χ4v) is 9.12. The topological polar surface area (TPSA) is 94.5 Å². The number of nitrogens with one attached hydrogen (secondary N) is 2. The number of fused-ring (bicyclic) bond motifs is 1. The second-order valence-electron chi connectivity index (χ2n) is 15.4. The molecule has 8 rings (SSSR count). The summed E-state index contributed by atoms with van der Waals surface area (Å²) in [5, 5.41) is 6.18. The summed E-state index contributed by atoms with van der Waals surface area (Å²) in [6, 6.07) is 14.4. The van der Waals surface area contributed by atoms with Gasteiger partial charge in [-0.1, -0.05) is 63.2 Å². The van der Waals surface area contributed by atoms with Crippen LogP contribution < -0.4 is 16.2 Å². The van der Waals surface area contributed by atoms with Crippen molar-refractivity contribution in [3.05, 3.63) is 93.7 Å². The van der Waals surface area contributed by atoms with Gasteiger partial charge in [0, 0.05) is 12.5 Å². The Kier molecular flexibility index (Phi) is 9.16. The van der Waals surface area contributed by atoms with Gasteiger partial charge in [-0.15, -0.1) is 0 Å². The van der Waals surface area contributed by atoms with E-state index in [9.17, 15) is 22.8 Å². The number of nitrogens with zero attached hydrogens (tertiary/aromatic N) is 2. The van der Waals surface area contributed by atoms with Gasteiger partial charge in [0.05, 0.1) is 29.4 Å². The van der Waals surface area contributed by atoms with Gasteiger partial charge >= 0.3 is 13.3 Å². The zero-order valence-electron chi connectivity index (χ0n) is 29.1. The van der Waals surface area contributed by atoms with Crippen LogP contribution in [0.2, 0.25) is 0 Å². The number of carbonyl (C=O) groups excluding carboxylic acids is 1. The first-order valence-electron chi connectivity index (χ1n) is 18.0. The van der Waals surface area contributed by atoms with Crippen molar-refractivity contribution in [1.29, 1.82) is 0 Å². The van der Waals surface area contributed by atoms with E-state index < -0.39 is 42.0 Å². The summed E-state index contributed by atoms with van der Waals surface area (Å²) in [5.41, 5.74) is 0.318. The van der Waals surface area contributed by atoms with E-state index in [4.69, 9.17) is 9.31 Å². The van der Waals surface area contributed by atoms with Crippen molar-refractivity contribution < 1.29 is 27.3 Å². The second kappa shape index (κ2) is 13.2. The number of amides is 1. The van der Waals surface area contributed by atoms with Crippen LogP contribution in [0.5, 0.6) is 0 Å². The molecule has 2 N–H and O–H groups in total. The molecule has 3 saturated carbocycles. The third-order valence-corrected chi connectivity index (χ3v) is 12.2. The molecule has 0 spiro atoms. The van der Waals surface area contributed by atoms with Gasteiger partial charge in [-0.3, -0.25) is 14.2 Å². The van der Waals surface area contributed by atoms with E-state index in [2.05, 4.69) is 48.5 Å². The molecule has 5 aliphatic rings. The molecule has 2 aromatic carbocycles. The standard InChI is InChI=1S/C38H46BF3N4O4/c1-5-32(39-49-31-20-27-19-30(36(27,2)3)37(31,4)50-39)45-34(47)29-18-25(15-9-13-23-11-7-6-8-12-23)33-44-22-28(35(48)46(29)33)43-21-24-14-10-16-26(17-24)38(40,41)42/h6-8,10-12,14,16-17,22,25,27,29-32,43H,5,9,13,15,18-21H2,1-4H3,(H,45,47)/t25-,27+,29+,30+,31-,32+,37+/m1/s1. The number of benzene rings is 2. The highest BCUT2D eigenvalue weighted by Crippen LogP contribution is 2.65. The summed E-state index contributed by atoms with van der Waals surface area (Å²) >= 11 is 0. The molecule has 3 aromatic rings. The highest BCUT2D eigenvalue weighted by Gasteiger charge is 2.68. The van der Waals surface area contributed by atoms with E-state index in [-0.39, 0.29) is 35.6 Å². The van der Waals surface area contributed by atoms with E-state index in [1.54, 1.807) is 6.07 Å². The second-order valence-corrected chi connectivity index (χ2v) is 15.4. The van der Waals surface area contributed by atoms with Crippen LogP contribution in [0.1, 0.15) is 101 Å². The number of anilines is 1. The van der Waals surface area contributed by atoms with Gasteiger partial charge in [-0.2, -0.15) is 13.2 Å². The Balaban J connectivity index is 1.10. The van der Waals surface area contributed by atoms with Crippen molar-refractivity contribution in [2.24, 2.45) is 17.3 Å². The van der Waals surface area contributed by atoms with Crippen molar-refractivity contribution in [2.45, 2.75) is 115 Å². The molecular formula is C38H46BF3N4O4. The minimum absolute atomic E-state index is 0.00951. The minimum atomic E-state index is -4.47. The zero-order valence-corrected chi connectivity index (χ0v) is 29.1. The maximum atomic E-state index is 14.2. The van der Waals surface area contributed by atoms with Crippen molar-refractivity contribution in [1.82, 2.24) is 14.9 Å². The molecule has 3 heterocycles. The molecule has 3 aliphatic carbocycles. The SMILES string of the molecule is CC[C@H](NC(=O)[C@@H]1C[C@@H](CCCc2ccccc2)c2ncc(NCc3cccc(C(F)(F)F)c3)c(=O)n21)B1O[C@@H]2C[C@@H]3C[C@@H](C3(C)C)[C@]2(C)O1. The summed E-state index contributed by atoms with van der Waals surface area (Å²) in [7, 11) is -0.591. The third kappa shape index (κ3) is 6.27. The first-order chi connectivity index (χ1) is 23.8. The maximum absolute atomic E-state index is 14.2. The number of hydrogen-bond donors (Lipinski definition) is 2. The van der Waals surface area contributed by atoms with Crippen LogP contribution in [0.15, 0.2) is 65.6 Å². The smallest absolute Gasteiger partial charge is 0.404 e. The lowest BCUT2D eigenvalue weighted by Crippen LogP contribution is -2.65. The summed E-state index contributed by atoms with van der Waals surface area (Å²) in [4.78, 5) is 32.9. The lowest BCUT2D eigenvalue weighted by Gasteiger charge is -2.64. The Hall–Kier alpha value is -3.64. The number of carbonyl (C=O) groups is 1. The van der Waals surface area contributed by atoms with Crippen molar-refractivity contribution in [3.63, 3.8) is 0 Å². The Bertz CT molecular complexity index is 1790. The number of hydrogen-bond acceptors (Lipinski definition) is 6. The van der Waals surface area contributed by atoms with Crippen LogP contribution in [-0.4, -0.2) is 40.2 Å². The first-order valence-corrected chi connectivity index (χ1v) is 18.0. The maximum Gasteiger partial charge on any atom is 0.481 e. The van der Waals surface area contributed by atoms with Gasteiger partial charge in [-0.25, -0.2) is 4.98 Å². The molecule has 4 fully saturated rings. The van der Waals surface area contributed by atoms with E-state index >= 15 is 0 Å². The number of rotatable bonds is 11. The quantitative estimate of drug-likeness (QED) is 0.209. The molecule has 0 radical (unpaired) electrons. The number of aromatic nitrogens is 2. The number of aryl methyl sites for hydroxylation is 1. The van der Waals surface area contributed by atoms with Crippen molar-refractivity contribution >= 4 is 18.7 Å². The minimum Gasteiger partial charge on any atom is -0.404 e. The van der Waals surface area contributed by atoms with Gasteiger partial charge < -0.3 is 19.9 Å². The molecule has 12 heteroatoms. The Morgan fingerprint density at radius 1 is 1.08 bits per heavy atom.